The van der Waals surface area contributed by atoms with Crippen LogP contribution in [0.4, 0.5) is 0 Å². The third-order valence-electron chi connectivity index (χ3n) is 5.71. The fraction of sp³-hybridized carbons (Fsp3) is 0.407. The van der Waals surface area contributed by atoms with Crippen LogP contribution in [0.2, 0.25) is 0 Å². The van der Waals surface area contributed by atoms with Gasteiger partial charge in [0.2, 0.25) is 0 Å². The lowest BCUT2D eigenvalue weighted by Gasteiger charge is -2.25. The molecular weight excluding hydrogens is 340 g/mol. The van der Waals surface area contributed by atoms with Gasteiger partial charge in [-0.2, -0.15) is 0 Å². The molecule has 0 amide bonds. The van der Waals surface area contributed by atoms with Gasteiger partial charge in [-0.1, -0.05) is 60.4 Å². The lowest BCUT2D eigenvalue weighted by Crippen LogP contribution is -2.14. The van der Waals surface area contributed by atoms with E-state index in [1.807, 2.05) is 6.92 Å². The van der Waals surface area contributed by atoms with Crippen LogP contribution in [0.5, 0.6) is 0 Å². The number of ether oxygens (including phenoxy) is 1. The normalized spacial score (nSPS) is 19.4. The number of hydrogen-bond acceptors (Lipinski definition) is 1. The molecule has 1 heteroatoms. The monoisotopic (exact) mass is 372 g/mol. The van der Waals surface area contributed by atoms with Gasteiger partial charge >= 0.3 is 0 Å². The first-order valence-corrected chi connectivity index (χ1v) is 10.6. The second-order valence-electron chi connectivity index (χ2n) is 7.90. The molecule has 146 valence electrons. The average molecular weight is 373 g/mol. The number of methoxy groups -OCH3 is 1. The summed E-state index contributed by atoms with van der Waals surface area (Å²) in [5.74, 6) is 8.34. The van der Waals surface area contributed by atoms with Crippen molar-refractivity contribution in [2.24, 2.45) is 11.8 Å². The van der Waals surface area contributed by atoms with Crippen molar-refractivity contribution in [1.82, 2.24) is 0 Å². The molecule has 1 aliphatic carbocycles. The Morgan fingerprint density at radius 2 is 1.61 bits per heavy atom. The van der Waals surface area contributed by atoms with Gasteiger partial charge in [0.05, 0.1) is 6.61 Å². The summed E-state index contributed by atoms with van der Waals surface area (Å²) in [6, 6.07) is 17.4. The van der Waals surface area contributed by atoms with E-state index in [0.29, 0.717) is 12.5 Å². The summed E-state index contributed by atoms with van der Waals surface area (Å²) in [7, 11) is 1.75. The van der Waals surface area contributed by atoms with Crippen LogP contribution in [-0.4, -0.2) is 7.11 Å². The molecule has 3 rings (SSSR count). The summed E-state index contributed by atoms with van der Waals surface area (Å²) in [4.78, 5) is 0. The Morgan fingerprint density at radius 3 is 2.25 bits per heavy atom. The zero-order valence-corrected chi connectivity index (χ0v) is 17.3. The summed E-state index contributed by atoms with van der Waals surface area (Å²) < 4.78 is 5.18. The van der Waals surface area contributed by atoms with Gasteiger partial charge in [-0.25, -0.2) is 0 Å². The fourth-order valence-electron chi connectivity index (χ4n) is 3.99. The van der Waals surface area contributed by atoms with E-state index in [4.69, 9.17) is 4.74 Å². The van der Waals surface area contributed by atoms with E-state index >= 15 is 0 Å². The van der Waals surface area contributed by atoms with Crippen molar-refractivity contribution in [1.29, 1.82) is 0 Å². The van der Waals surface area contributed by atoms with Crippen molar-refractivity contribution >= 4 is 6.08 Å². The molecule has 0 N–H and O–H groups in total. The van der Waals surface area contributed by atoms with Crippen LogP contribution in [0.3, 0.4) is 0 Å². The first-order valence-electron chi connectivity index (χ1n) is 10.6. The number of aryl methyl sites for hydroxylation is 1. The summed E-state index contributed by atoms with van der Waals surface area (Å²) >= 11 is 0. The topological polar surface area (TPSA) is 9.23 Å². The highest BCUT2D eigenvalue weighted by Gasteiger charge is 2.19. The van der Waals surface area contributed by atoms with E-state index in [1.54, 1.807) is 7.11 Å². The molecule has 0 unspecified atom stereocenters. The maximum absolute atomic E-state index is 5.18. The van der Waals surface area contributed by atoms with E-state index in [2.05, 4.69) is 72.5 Å². The molecule has 1 nitrogen and oxygen atoms in total. The van der Waals surface area contributed by atoms with Gasteiger partial charge in [0, 0.05) is 18.6 Å². The van der Waals surface area contributed by atoms with E-state index in [1.165, 1.54) is 55.2 Å². The molecule has 2 aromatic rings. The molecule has 0 spiro atoms. The predicted octanol–water partition coefficient (Wildman–Crippen LogP) is 6.66. The van der Waals surface area contributed by atoms with Crippen LogP contribution >= 0.6 is 0 Å². The second-order valence-corrected chi connectivity index (χ2v) is 7.90. The molecule has 1 fully saturated rings. The highest BCUT2D eigenvalue weighted by molar-refractivity contribution is 5.51. The van der Waals surface area contributed by atoms with Crippen LogP contribution in [0.25, 0.3) is 6.08 Å². The zero-order chi connectivity index (χ0) is 19.6. The molecular formula is C27H32O. The molecule has 28 heavy (non-hydrogen) atoms. The Hall–Kier alpha value is -2.30. The van der Waals surface area contributed by atoms with Gasteiger partial charge in [0.25, 0.3) is 0 Å². The van der Waals surface area contributed by atoms with Gasteiger partial charge < -0.3 is 4.74 Å². The summed E-state index contributed by atoms with van der Waals surface area (Å²) in [5, 5.41) is 0. The van der Waals surface area contributed by atoms with Crippen molar-refractivity contribution in [3.05, 3.63) is 76.9 Å². The molecule has 2 aromatic carbocycles. The lowest BCUT2D eigenvalue weighted by molar-refractivity contribution is 0.185. The molecule has 0 saturated heterocycles. The van der Waals surface area contributed by atoms with Crippen LogP contribution in [0, 0.1) is 23.7 Å². The maximum atomic E-state index is 5.18. The highest BCUT2D eigenvalue weighted by atomic mass is 16.5. The van der Waals surface area contributed by atoms with Crippen molar-refractivity contribution in [2.75, 3.05) is 7.11 Å². The Balaban J connectivity index is 1.42. The van der Waals surface area contributed by atoms with Crippen molar-refractivity contribution < 1.29 is 4.74 Å². The standard InChI is InChI=1S/C27H32O/c1-3-4-22-5-7-23(8-6-22)9-10-24-11-13-25(14-12-24)15-16-26-17-19-27(20-18-26)21-28-2/h3-8,17-20,24-25H,11-16,21H2,1-2H3/b4-3+. The van der Waals surface area contributed by atoms with E-state index in [0.717, 1.165) is 11.5 Å². The first-order chi connectivity index (χ1) is 13.8. The Bertz CT molecular complexity index is 794. The van der Waals surface area contributed by atoms with Crippen molar-refractivity contribution in [3.8, 4) is 11.8 Å². The van der Waals surface area contributed by atoms with Crippen LogP contribution in [-0.2, 0) is 17.8 Å². The number of rotatable bonds is 6. The lowest BCUT2D eigenvalue weighted by atomic mass is 9.79. The van der Waals surface area contributed by atoms with Crippen LogP contribution in [0.1, 0.15) is 61.3 Å². The van der Waals surface area contributed by atoms with Gasteiger partial charge in [-0.3, -0.25) is 0 Å². The van der Waals surface area contributed by atoms with Crippen molar-refractivity contribution in [2.45, 2.75) is 52.1 Å². The molecule has 0 atom stereocenters. The maximum Gasteiger partial charge on any atom is 0.0713 e. The molecule has 0 aliphatic heterocycles. The van der Waals surface area contributed by atoms with Crippen LogP contribution in [0.15, 0.2) is 54.6 Å². The fourth-order valence-corrected chi connectivity index (χ4v) is 3.99. The average Bonchev–Trinajstić information content (AvgIpc) is 2.74. The molecule has 0 aromatic heterocycles. The third kappa shape index (κ3) is 6.39. The summed E-state index contributed by atoms with van der Waals surface area (Å²) in [5.41, 5.74) is 5.07. The molecule has 1 aliphatic rings. The number of benzene rings is 2. The van der Waals surface area contributed by atoms with Crippen LogP contribution < -0.4 is 0 Å². The number of hydrogen-bond donors (Lipinski definition) is 0. The molecule has 1 saturated carbocycles. The largest absolute Gasteiger partial charge is 0.380 e. The first kappa shape index (κ1) is 20.4. The van der Waals surface area contributed by atoms with Crippen molar-refractivity contribution in [3.63, 3.8) is 0 Å². The molecule has 0 radical (unpaired) electrons. The Morgan fingerprint density at radius 1 is 0.929 bits per heavy atom. The summed E-state index contributed by atoms with van der Waals surface area (Å²) in [6.45, 7) is 2.74. The minimum absolute atomic E-state index is 0.569. The summed E-state index contributed by atoms with van der Waals surface area (Å²) in [6.07, 6.45) is 11.8. The Labute approximate surface area is 170 Å². The minimum atomic E-state index is 0.569. The molecule has 0 heterocycles. The second kappa shape index (κ2) is 10.9. The smallest absolute Gasteiger partial charge is 0.0713 e. The highest BCUT2D eigenvalue weighted by Crippen LogP contribution is 2.31. The number of allylic oxidation sites excluding steroid dienone is 1. The van der Waals surface area contributed by atoms with Gasteiger partial charge in [-0.05, 0) is 80.2 Å². The SMILES string of the molecule is C/C=C/c1ccc(C#CC2CCC(CCc3ccc(COC)cc3)CC2)cc1. The quantitative estimate of drug-likeness (QED) is 0.515. The zero-order valence-electron chi connectivity index (χ0n) is 17.3. The van der Waals surface area contributed by atoms with Gasteiger partial charge in [0.15, 0.2) is 0 Å². The minimum Gasteiger partial charge on any atom is -0.380 e. The van der Waals surface area contributed by atoms with E-state index in [-0.39, 0.29) is 0 Å². The molecule has 0 bridgehead atoms. The predicted molar refractivity (Wildman–Crippen MR) is 119 cm³/mol. The van der Waals surface area contributed by atoms with Gasteiger partial charge in [0.1, 0.15) is 0 Å². The van der Waals surface area contributed by atoms with E-state index < -0.39 is 0 Å². The third-order valence-corrected chi connectivity index (χ3v) is 5.71. The van der Waals surface area contributed by atoms with Gasteiger partial charge in [-0.15, -0.1) is 0 Å². The Kier molecular flexibility index (Phi) is 7.94. The van der Waals surface area contributed by atoms with E-state index in [9.17, 15) is 0 Å².